The first-order valence-electron chi connectivity index (χ1n) is 12.8. The van der Waals surface area contributed by atoms with Gasteiger partial charge >= 0.3 is 0 Å². The number of rotatable bonds is 3. The van der Waals surface area contributed by atoms with Gasteiger partial charge in [0.05, 0.1) is 11.2 Å². The molecule has 0 fully saturated rings. The second-order valence-electron chi connectivity index (χ2n) is 10.3. The third-order valence-corrected chi connectivity index (χ3v) is 7.76. The standard InChI is InChI=1S/C35H26N2/c1-35(2)30-11-5-3-9-28(30)34-33(35)32(29-10-4-6-12-31(29)37-34)26-19-17-24(18-20-26)23-13-15-25(16-14-23)27-8-7-21-36-22-27/h3-22H,1-2H3. The Bertz CT molecular complexity index is 1760. The van der Waals surface area contributed by atoms with Crippen LogP contribution in [-0.2, 0) is 5.41 Å². The predicted molar refractivity (Wildman–Crippen MR) is 153 cm³/mol. The molecule has 4 aromatic carbocycles. The van der Waals surface area contributed by atoms with Crippen LogP contribution in [0, 0.1) is 0 Å². The van der Waals surface area contributed by atoms with Crippen LogP contribution in [0.2, 0.25) is 0 Å². The molecule has 1 aliphatic carbocycles. The number of pyridine rings is 2. The molecule has 0 aliphatic heterocycles. The van der Waals surface area contributed by atoms with E-state index in [2.05, 4.69) is 122 Å². The molecule has 7 rings (SSSR count). The van der Waals surface area contributed by atoms with Gasteiger partial charge in [-0.1, -0.05) is 111 Å². The molecule has 0 bridgehead atoms. The molecule has 2 nitrogen and oxygen atoms in total. The topological polar surface area (TPSA) is 25.8 Å². The zero-order chi connectivity index (χ0) is 25.0. The van der Waals surface area contributed by atoms with Gasteiger partial charge in [0.2, 0.25) is 0 Å². The van der Waals surface area contributed by atoms with Crippen LogP contribution in [-0.4, -0.2) is 9.97 Å². The summed E-state index contributed by atoms with van der Waals surface area (Å²) in [5, 5.41) is 1.20. The molecule has 0 saturated carbocycles. The van der Waals surface area contributed by atoms with E-state index >= 15 is 0 Å². The van der Waals surface area contributed by atoms with Gasteiger partial charge in [-0.25, -0.2) is 4.98 Å². The number of nitrogens with zero attached hydrogens (tertiary/aromatic N) is 2. The Morgan fingerprint density at radius 3 is 1.89 bits per heavy atom. The molecule has 2 aromatic heterocycles. The maximum Gasteiger partial charge on any atom is 0.0759 e. The first-order chi connectivity index (χ1) is 18.1. The number of fused-ring (bicyclic) bond motifs is 4. The van der Waals surface area contributed by atoms with Crippen molar-refractivity contribution in [3.8, 4) is 44.6 Å². The summed E-state index contributed by atoms with van der Waals surface area (Å²) < 4.78 is 0. The van der Waals surface area contributed by atoms with Gasteiger partial charge in [-0.15, -0.1) is 0 Å². The van der Waals surface area contributed by atoms with Crippen molar-refractivity contribution in [3.05, 3.63) is 133 Å². The predicted octanol–water partition coefficient (Wildman–Crippen LogP) is 8.94. The third-order valence-electron chi connectivity index (χ3n) is 7.76. The summed E-state index contributed by atoms with van der Waals surface area (Å²) in [5.74, 6) is 0. The van der Waals surface area contributed by atoms with E-state index in [-0.39, 0.29) is 5.41 Å². The van der Waals surface area contributed by atoms with Crippen LogP contribution >= 0.6 is 0 Å². The van der Waals surface area contributed by atoms with Crippen molar-refractivity contribution in [1.29, 1.82) is 0 Å². The molecule has 2 heteroatoms. The molecule has 0 saturated heterocycles. The lowest BCUT2D eigenvalue weighted by atomic mass is 9.78. The van der Waals surface area contributed by atoms with Gasteiger partial charge in [-0.2, -0.15) is 0 Å². The van der Waals surface area contributed by atoms with E-state index in [1.807, 2.05) is 12.3 Å². The van der Waals surface area contributed by atoms with Crippen molar-refractivity contribution in [3.63, 3.8) is 0 Å². The maximum atomic E-state index is 5.17. The third kappa shape index (κ3) is 3.41. The number of hydrogen-bond donors (Lipinski definition) is 0. The van der Waals surface area contributed by atoms with E-state index in [4.69, 9.17) is 4.98 Å². The molecule has 0 atom stereocenters. The van der Waals surface area contributed by atoms with Crippen molar-refractivity contribution in [2.24, 2.45) is 0 Å². The normalized spacial score (nSPS) is 13.4. The van der Waals surface area contributed by atoms with Crippen molar-refractivity contribution < 1.29 is 0 Å². The second kappa shape index (κ2) is 8.25. The Kier molecular flexibility index (Phi) is 4.84. The molecule has 0 amide bonds. The summed E-state index contributed by atoms with van der Waals surface area (Å²) in [7, 11) is 0. The van der Waals surface area contributed by atoms with E-state index in [0.717, 1.165) is 16.8 Å². The molecule has 6 aromatic rings. The molecule has 0 radical (unpaired) electrons. The van der Waals surface area contributed by atoms with Gasteiger partial charge in [0.25, 0.3) is 0 Å². The number of para-hydroxylation sites is 1. The van der Waals surface area contributed by atoms with Crippen LogP contribution in [0.15, 0.2) is 122 Å². The van der Waals surface area contributed by atoms with E-state index in [9.17, 15) is 0 Å². The van der Waals surface area contributed by atoms with Gasteiger partial charge in [0, 0.05) is 28.8 Å². The summed E-state index contributed by atoms with van der Waals surface area (Å²) in [6.45, 7) is 4.66. The van der Waals surface area contributed by atoms with Crippen molar-refractivity contribution in [2.75, 3.05) is 0 Å². The van der Waals surface area contributed by atoms with E-state index in [1.165, 1.54) is 49.9 Å². The lowest BCUT2D eigenvalue weighted by molar-refractivity contribution is 0.662. The fourth-order valence-corrected chi connectivity index (χ4v) is 5.90. The fourth-order valence-electron chi connectivity index (χ4n) is 5.90. The summed E-state index contributed by atoms with van der Waals surface area (Å²) >= 11 is 0. The summed E-state index contributed by atoms with van der Waals surface area (Å²) in [6.07, 6.45) is 3.71. The number of aromatic nitrogens is 2. The lowest BCUT2D eigenvalue weighted by Crippen LogP contribution is -2.16. The minimum absolute atomic E-state index is 0.126. The van der Waals surface area contributed by atoms with Crippen LogP contribution in [0.1, 0.15) is 25.0 Å². The zero-order valence-electron chi connectivity index (χ0n) is 20.9. The number of benzene rings is 4. The largest absolute Gasteiger partial charge is 0.264 e. The van der Waals surface area contributed by atoms with Gasteiger partial charge in [0.1, 0.15) is 0 Å². The Morgan fingerprint density at radius 2 is 1.19 bits per heavy atom. The summed E-state index contributed by atoms with van der Waals surface area (Å²) in [4.78, 5) is 9.42. The minimum atomic E-state index is -0.126. The highest BCUT2D eigenvalue weighted by molar-refractivity contribution is 6.02. The quantitative estimate of drug-likeness (QED) is 0.256. The van der Waals surface area contributed by atoms with Crippen LogP contribution in [0.4, 0.5) is 0 Å². The SMILES string of the molecule is CC1(C)c2ccccc2-c2nc3ccccc3c(-c3ccc(-c4ccc(-c5cccnc5)cc4)cc3)c21. The average molecular weight is 475 g/mol. The Labute approximate surface area is 217 Å². The smallest absolute Gasteiger partial charge is 0.0759 e. The Hall–Kier alpha value is -4.56. The first kappa shape index (κ1) is 21.7. The average Bonchev–Trinajstić information content (AvgIpc) is 3.19. The van der Waals surface area contributed by atoms with Crippen molar-refractivity contribution in [2.45, 2.75) is 19.3 Å². The van der Waals surface area contributed by atoms with Crippen LogP contribution < -0.4 is 0 Å². The molecule has 1 aliphatic rings. The molecule has 176 valence electrons. The second-order valence-corrected chi connectivity index (χ2v) is 10.3. The molecule has 0 N–H and O–H groups in total. The Morgan fingerprint density at radius 1 is 0.568 bits per heavy atom. The summed E-state index contributed by atoms with van der Waals surface area (Å²) in [6, 6.07) is 39.1. The number of hydrogen-bond acceptors (Lipinski definition) is 2. The highest BCUT2D eigenvalue weighted by Crippen LogP contribution is 2.53. The molecule has 0 spiro atoms. The van der Waals surface area contributed by atoms with Gasteiger partial charge in [-0.05, 0) is 56.6 Å². The molecule has 2 heterocycles. The molecular weight excluding hydrogens is 448 g/mol. The first-order valence-corrected chi connectivity index (χ1v) is 12.8. The fraction of sp³-hybridized carbons (Fsp3) is 0.0857. The van der Waals surface area contributed by atoms with Gasteiger partial charge in [-0.3, -0.25) is 4.98 Å². The van der Waals surface area contributed by atoms with E-state index in [0.29, 0.717) is 0 Å². The molecule has 37 heavy (non-hydrogen) atoms. The van der Waals surface area contributed by atoms with Crippen LogP contribution in [0.3, 0.4) is 0 Å². The molecule has 0 unspecified atom stereocenters. The van der Waals surface area contributed by atoms with Crippen molar-refractivity contribution >= 4 is 10.9 Å². The van der Waals surface area contributed by atoms with E-state index < -0.39 is 0 Å². The molecular formula is C35H26N2. The van der Waals surface area contributed by atoms with Gasteiger partial charge < -0.3 is 0 Å². The van der Waals surface area contributed by atoms with E-state index in [1.54, 1.807) is 6.20 Å². The summed E-state index contributed by atoms with van der Waals surface area (Å²) in [5.41, 5.74) is 13.2. The van der Waals surface area contributed by atoms with Crippen LogP contribution in [0.5, 0.6) is 0 Å². The van der Waals surface area contributed by atoms with Crippen molar-refractivity contribution in [1.82, 2.24) is 9.97 Å². The maximum absolute atomic E-state index is 5.17. The van der Waals surface area contributed by atoms with Crippen LogP contribution in [0.25, 0.3) is 55.5 Å². The Balaban J connectivity index is 1.35. The minimum Gasteiger partial charge on any atom is -0.264 e. The highest BCUT2D eigenvalue weighted by atomic mass is 14.7. The highest BCUT2D eigenvalue weighted by Gasteiger charge is 2.39. The lowest BCUT2D eigenvalue weighted by Gasteiger charge is -2.25. The van der Waals surface area contributed by atoms with Gasteiger partial charge in [0.15, 0.2) is 0 Å². The zero-order valence-corrected chi connectivity index (χ0v) is 20.9. The monoisotopic (exact) mass is 474 g/mol.